The van der Waals surface area contributed by atoms with E-state index in [4.69, 9.17) is 15.5 Å². The molecule has 0 unspecified atom stereocenters. The van der Waals surface area contributed by atoms with Crippen molar-refractivity contribution in [2.24, 2.45) is 5.92 Å². The Kier molecular flexibility index (Phi) is 9.49. The molecule has 0 aliphatic carbocycles. The molecule has 1 aromatic heterocycles. The number of nitrogens with one attached hydrogen (secondary N) is 2. The Bertz CT molecular complexity index is 1170. The minimum absolute atomic E-state index is 0.182. The number of aromatic nitrogens is 2. The predicted octanol–water partition coefficient (Wildman–Crippen LogP) is 2.70. The van der Waals surface area contributed by atoms with Crippen molar-refractivity contribution >= 4 is 35.6 Å². The van der Waals surface area contributed by atoms with Crippen LogP contribution in [-0.4, -0.2) is 52.2 Å². The first-order valence-corrected chi connectivity index (χ1v) is 12.4. The van der Waals surface area contributed by atoms with E-state index in [1.807, 2.05) is 66.9 Å². The number of esters is 1. The monoisotopic (exact) mass is 493 g/mol. The molecule has 0 fully saturated rings. The average Bonchev–Trinajstić information content (AvgIpc) is 3.18. The maximum Gasteiger partial charge on any atom is 0.374 e. The summed E-state index contributed by atoms with van der Waals surface area (Å²) in [5.74, 6) is 0.109. The smallest absolute Gasteiger partial charge is 0.374 e. The molecule has 0 spiro atoms. The van der Waals surface area contributed by atoms with Crippen LogP contribution in [-0.2, 0) is 20.7 Å². The molecule has 2 aromatic carbocycles. The fourth-order valence-corrected chi connectivity index (χ4v) is 4.24. The molecule has 9 nitrogen and oxygen atoms in total. The van der Waals surface area contributed by atoms with Crippen LogP contribution in [0.1, 0.15) is 39.4 Å². The average molecular weight is 493 g/mol. The van der Waals surface area contributed by atoms with Crippen LogP contribution in [0.5, 0.6) is 0 Å². The third-order valence-electron chi connectivity index (χ3n) is 5.77. The van der Waals surface area contributed by atoms with Gasteiger partial charge in [-0.2, -0.15) is 0 Å². The summed E-state index contributed by atoms with van der Waals surface area (Å²) >= 11 is 0. The van der Waals surface area contributed by atoms with Gasteiger partial charge in [0.1, 0.15) is 11.9 Å². The quantitative estimate of drug-likeness (QED) is 0.173. The Morgan fingerprint density at radius 1 is 1.17 bits per heavy atom. The number of nitrogens with zero attached hydrogens (tertiary/aromatic N) is 2. The zero-order chi connectivity index (χ0) is 26.2. The van der Waals surface area contributed by atoms with Crippen molar-refractivity contribution in [3.8, 4) is 5.69 Å². The third kappa shape index (κ3) is 7.08. The van der Waals surface area contributed by atoms with E-state index < -0.39 is 25.1 Å². The van der Waals surface area contributed by atoms with Crippen LogP contribution in [0.25, 0.3) is 16.7 Å². The first-order valence-electron chi connectivity index (χ1n) is 12.4. The fourth-order valence-electron chi connectivity index (χ4n) is 4.24. The maximum absolute atomic E-state index is 13.2. The van der Waals surface area contributed by atoms with Crippen LogP contribution in [0.2, 0.25) is 6.82 Å². The highest BCUT2D eigenvalue weighted by molar-refractivity contribution is 6.46. The van der Waals surface area contributed by atoms with E-state index in [9.17, 15) is 14.6 Å². The van der Waals surface area contributed by atoms with Crippen LogP contribution < -0.4 is 16.3 Å². The number of rotatable bonds is 12. The van der Waals surface area contributed by atoms with Gasteiger partial charge in [0.25, 0.3) is 0 Å². The van der Waals surface area contributed by atoms with Crippen molar-refractivity contribution in [2.75, 3.05) is 12.3 Å². The summed E-state index contributed by atoms with van der Waals surface area (Å²) in [5.41, 5.74) is 9.23. The highest BCUT2D eigenvalue weighted by Gasteiger charge is 2.28. The van der Waals surface area contributed by atoms with Gasteiger partial charge in [0.2, 0.25) is 5.91 Å². The summed E-state index contributed by atoms with van der Waals surface area (Å²) in [6.07, 6.45) is 1.24. The van der Waals surface area contributed by atoms with E-state index in [0.29, 0.717) is 24.9 Å². The zero-order valence-electron chi connectivity index (χ0n) is 21.4. The largest absolute Gasteiger partial charge is 0.464 e. The van der Waals surface area contributed by atoms with Crippen LogP contribution in [0, 0.1) is 5.92 Å². The molecule has 5 N–H and O–H groups in total. The molecule has 0 saturated heterocycles. The summed E-state index contributed by atoms with van der Waals surface area (Å²) in [4.78, 5) is 30.5. The third-order valence-corrected chi connectivity index (χ3v) is 5.77. The molecular weight excluding hydrogens is 457 g/mol. The van der Waals surface area contributed by atoms with E-state index in [1.165, 1.54) is 0 Å². The lowest BCUT2D eigenvalue weighted by molar-refractivity contribution is -0.148. The van der Waals surface area contributed by atoms with Crippen molar-refractivity contribution in [3.05, 3.63) is 54.4 Å². The van der Waals surface area contributed by atoms with E-state index in [2.05, 4.69) is 10.5 Å². The number of carbonyl (C=O) groups is 2. The topological polar surface area (TPSA) is 131 Å². The molecule has 192 valence electrons. The number of aryl methyl sites for hydroxylation is 1. The van der Waals surface area contributed by atoms with E-state index >= 15 is 0 Å². The molecule has 1 amide bonds. The second-order valence-electron chi connectivity index (χ2n) is 9.32. The van der Waals surface area contributed by atoms with Crippen molar-refractivity contribution in [1.82, 2.24) is 20.1 Å². The Hall–Kier alpha value is -3.37. The Morgan fingerprint density at radius 3 is 2.53 bits per heavy atom. The molecule has 0 bridgehead atoms. The van der Waals surface area contributed by atoms with Gasteiger partial charge in [-0.1, -0.05) is 32.0 Å². The van der Waals surface area contributed by atoms with Crippen molar-refractivity contribution < 1.29 is 19.3 Å². The van der Waals surface area contributed by atoms with Crippen LogP contribution in [0.3, 0.4) is 0 Å². The maximum atomic E-state index is 13.2. The van der Waals surface area contributed by atoms with Crippen molar-refractivity contribution in [3.63, 3.8) is 0 Å². The van der Waals surface area contributed by atoms with Gasteiger partial charge in [0, 0.05) is 17.8 Å². The Morgan fingerprint density at radius 2 is 1.89 bits per heavy atom. The molecule has 0 aliphatic heterocycles. The van der Waals surface area contributed by atoms with E-state index in [1.54, 1.807) is 13.7 Å². The number of nitrogens with two attached hydrogens (primary N) is 1. The number of imidazole rings is 1. The fraction of sp³-hybridized carbons (Fsp3) is 0.423. The summed E-state index contributed by atoms with van der Waals surface area (Å²) in [5, 5.41) is 15.7. The van der Waals surface area contributed by atoms with E-state index in [0.717, 1.165) is 22.5 Å². The normalized spacial score (nSPS) is 12.9. The SMILES string of the molecule is CCOC(=O)[C@H](CC(C)C)NC(=O)[C@H](CCc1nc2cc(N)ccc2n1-c1ccccc1)NB(C)O. The summed E-state index contributed by atoms with van der Waals surface area (Å²) in [7, 11) is -0.917. The van der Waals surface area contributed by atoms with Gasteiger partial charge < -0.3 is 26.0 Å². The second-order valence-corrected chi connectivity index (χ2v) is 9.32. The molecule has 2 atom stereocenters. The highest BCUT2D eigenvalue weighted by Crippen LogP contribution is 2.24. The number of hydrogen-bond donors (Lipinski definition) is 4. The lowest BCUT2D eigenvalue weighted by Gasteiger charge is -2.24. The van der Waals surface area contributed by atoms with Crippen molar-refractivity contribution in [2.45, 2.75) is 58.9 Å². The number of ether oxygens (including phenoxy) is 1. The number of carbonyl (C=O) groups excluding carboxylic acids is 2. The number of hydrogen-bond acceptors (Lipinski definition) is 7. The summed E-state index contributed by atoms with van der Waals surface area (Å²) in [6, 6.07) is 13.9. The number of anilines is 1. The van der Waals surface area contributed by atoms with Crippen LogP contribution in [0.15, 0.2) is 48.5 Å². The Balaban J connectivity index is 1.86. The van der Waals surface area contributed by atoms with E-state index in [-0.39, 0.29) is 18.4 Å². The second kappa shape index (κ2) is 12.6. The molecular formula is C26H36BN5O4. The van der Waals surface area contributed by atoms with Gasteiger partial charge in [-0.25, -0.2) is 9.78 Å². The number of para-hydroxylation sites is 1. The van der Waals surface area contributed by atoms with Crippen LogP contribution in [0.4, 0.5) is 5.69 Å². The molecule has 0 saturated carbocycles. The summed E-state index contributed by atoms with van der Waals surface area (Å²) < 4.78 is 7.20. The highest BCUT2D eigenvalue weighted by atomic mass is 16.5. The molecule has 1 heterocycles. The van der Waals surface area contributed by atoms with Gasteiger partial charge in [-0.05, 0) is 62.8 Å². The lowest BCUT2D eigenvalue weighted by atomic mass is 9.86. The molecule has 10 heteroatoms. The first kappa shape index (κ1) is 27.2. The number of benzene rings is 2. The predicted molar refractivity (Wildman–Crippen MR) is 143 cm³/mol. The molecule has 36 heavy (non-hydrogen) atoms. The molecule has 0 radical (unpaired) electrons. The van der Waals surface area contributed by atoms with Crippen LogP contribution >= 0.6 is 0 Å². The molecule has 0 aliphatic rings. The minimum Gasteiger partial charge on any atom is -0.464 e. The molecule has 3 rings (SSSR count). The minimum atomic E-state index is -0.917. The number of nitrogen functional groups attached to an aromatic ring is 1. The number of amides is 1. The first-order chi connectivity index (χ1) is 17.2. The molecule has 3 aromatic rings. The summed E-state index contributed by atoms with van der Waals surface area (Å²) in [6.45, 7) is 7.48. The van der Waals surface area contributed by atoms with Gasteiger partial charge in [0.05, 0.1) is 23.7 Å². The standard InChI is InChI=1S/C26H36BN5O4/c1-5-36-26(34)22(15-17(2)3)30-25(33)20(31-27(4)35)12-14-24-29-21-16-18(28)11-13-23(21)32(24)19-9-7-6-8-10-19/h6-11,13,16-17,20,22,31,35H,5,12,14-15,28H2,1-4H3,(H,30,33)/t20-,22-/m0/s1. The van der Waals surface area contributed by atoms with Gasteiger partial charge >= 0.3 is 13.0 Å². The van der Waals surface area contributed by atoms with Gasteiger partial charge in [-0.3, -0.25) is 9.36 Å². The number of fused-ring (bicyclic) bond motifs is 1. The van der Waals surface area contributed by atoms with Crippen molar-refractivity contribution in [1.29, 1.82) is 0 Å². The van der Waals surface area contributed by atoms with Gasteiger partial charge in [0.15, 0.2) is 0 Å². The zero-order valence-corrected chi connectivity index (χ0v) is 21.4. The Labute approximate surface area is 212 Å². The van der Waals surface area contributed by atoms with Gasteiger partial charge in [-0.15, -0.1) is 0 Å². The lowest BCUT2D eigenvalue weighted by Crippen LogP contribution is -2.54.